The van der Waals surface area contributed by atoms with Crippen molar-refractivity contribution in [2.24, 2.45) is 0 Å². The number of para-hydroxylation sites is 1. The molecule has 0 fully saturated rings. The van der Waals surface area contributed by atoms with Crippen LogP contribution in [-0.4, -0.2) is 23.4 Å². The zero-order valence-corrected chi connectivity index (χ0v) is 12.9. The first kappa shape index (κ1) is 16.2. The Morgan fingerprint density at radius 2 is 1.80 bits per heavy atom. The maximum Gasteiger partial charge on any atom is 0.346 e. The van der Waals surface area contributed by atoms with E-state index in [0.717, 1.165) is 0 Å². The predicted molar refractivity (Wildman–Crippen MR) is 89.8 cm³/mol. The molecule has 3 rings (SSSR count). The van der Waals surface area contributed by atoms with E-state index in [1.807, 2.05) is 18.2 Å². The fourth-order valence-corrected chi connectivity index (χ4v) is 2.32. The molecule has 1 amide bonds. The Bertz CT molecular complexity index is 877. The first-order chi connectivity index (χ1) is 12.0. The van der Waals surface area contributed by atoms with Crippen LogP contribution < -0.4 is 10.6 Å². The molecular formula is C17H13N3O5. The van der Waals surface area contributed by atoms with Crippen molar-refractivity contribution in [1.82, 2.24) is 0 Å². The topological polar surface area (TPSA) is 111 Å². The molecule has 0 unspecified atom stereocenters. The van der Waals surface area contributed by atoms with Gasteiger partial charge in [-0.25, -0.2) is 4.79 Å². The minimum Gasteiger partial charge on any atom is -0.455 e. The van der Waals surface area contributed by atoms with Crippen LogP contribution in [0.1, 0.15) is 0 Å². The highest BCUT2D eigenvalue weighted by molar-refractivity contribution is 6.23. The van der Waals surface area contributed by atoms with Crippen molar-refractivity contribution in [1.29, 1.82) is 0 Å². The number of carbonyl (C=O) groups excluding carboxylic acids is 2. The van der Waals surface area contributed by atoms with E-state index >= 15 is 0 Å². The van der Waals surface area contributed by atoms with Crippen LogP contribution in [0.4, 0.5) is 17.1 Å². The van der Waals surface area contributed by atoms with Gasteiger partial charge in [-0.05, 0) is 18.2 Å². The molecule has 0 bridgehead atoms. The number of carbonyl (C=O) groups is 2. The fraction of sp³-hybridized carbons (Fsp3) is 0.0588. The Morgan fingerprint density at radius 1 is 1.08 bits per heavy atom. The van der Waals surface area contributed by atoms with Crippen LogP contribution in [0.25, 0.3) is 0 Å². The molecule has 2 aromatic carbocycles. The van der Waals surface area contributed by atoms with Gasteiger partial charge in [0.05, 0.1) is 10.6 Å². The summed E-state index contributed by atoms with van der Waals surface area (Å²) < 4.78 is 4.93. The Balaban J connectivity index is 1.83. The minimum atomic E-state index is -0.749. The molecule has 0 spiro atoms. The van der Waals surface area contributed by atoms with Crippen LogP contribution in [-0.2, 0) is 14.3 Å². The highest BCUT2D eigenvalue weighted by Crippen LogP contribution is 2.22. The Labute approximate surface area is 142 Å². The van der Waals surface area contributed by atoms with Crippen molar-refractivity contribution in [2.75, 3.05) is 17.2 Å². The highest BCUT2D eigenvalue weighted by atomic mass is 16.6. The van der Waals surface area contributed by atoms with Gasteiger partial charge in [0.25, 0.3) is 11.6 Å². The molecular weight excluding hydrogens is 326 g/mol. The fourth-order valence-electron chi connectivity index (χ4n) is 2.32. The summed E-state index contributed by atoms with van der Waals surface area (Å²) in [5, 5.41) is 16.3. The van der Waals surface area contributed by atoms with E-state index in [1.165, 1.54) is 24.3 Å². The Hall–Kier alpha value is -3.68. The molecule has 1 heterocycles. The second kappa shape index (κ2) is 6.83. The molecule has 2 aromatic rings. The summed E-state index contributed by atoms with van der Waals surface area (Å²) in [5.74, 6) is -1.44. The molecule has 0 radical (unpaired) electrons. The van der Waals surface area contributed by atoms with Crippen LogP contribution in [0.5, 0.6) is 0 Å². The zero-order chi connectivity index (χ0) is 17.8. The molecule has 2 N–H and O–H groups in total. The van der Waals surface area contributed by atoms with E-state index < -0.39 is 16.8 Å². The molecule has 25 heavy (non-hydrogen) atoms. The number of nitro groups is 1. The molecule has 0 saturated carbocycles. The average molecular weight is 339 g/mol. The Morgan fingerprint density at radius 3 is 2.52 bits per heavy atom. The zero-order valence-electron chi connectivity index (χ0n) is 12.9. The number of esters is 1. The standard InChI is InChI=1S/C17H13N3O5/c21-16(19-12-7-4-8-13(9-12)20(23)24)15-14(10-25-17(15)22)18-11-5-2-1-3-6-11/h1-9,18H,10H2,(H,19,21). The van der Waals surface area contributed by atoms with Crippen molar-refractivity contribution < 1.29 is 19.2 Å². The summed E-state index contributed by atoms with van der Waals surface area (Å²) in [6, 6.07) is 14.5. The lowest BCUT2D eigenvalue weighted by molar-refractivity contribution is -0.384. The molecule has 8 heteroatoms. The molecule has 1 aliphatic rings. The van der Waals surface area contributed by atoms with Crippen LogP contribution in [0, 0.1) is 10.1 Å². The van der Waals surface area contributed by atoms with Crippen LogP contribution in [0.15, 0.2) is 65.9 Å². The summed E-state index contributed by atoms with van der Waals surface area (Å²) in [6.07, 6.45) is 0. The second-order valence-corrected chi connectivity index (χ2v) is 5.18. The molecule has 126 valence electrons. The number of non-ortho nitro benzene ring substituents is 1. The molecule has 1 aliphatic heterocycles. The van der Waals surface area contributed by atoms with Crippen LogP contribution in [0.2, 0.25) is 0 Å². The highest BCUT2D eigenvalue weighted by Gasteiger charge is 2.31. The number of ether oxygens (including phenoxy) is 1. The van der Waals surface area contributed by atoms with Gasteiger partial charge in [0.1, 0.15) is 12.2 Å². The number of nitrogens with zero attached hydrogens (tertiary/aromatic N) is 1. The summed E-state index contributed by atoms with van der Waals surface area (Å²) >= 11 is 0. The van der Waals surface area contributed by atoms with Crippen molar-refractivity contribution in [3.05, 3.63) is 76.0 Å². The van der Waals surface area contributed by atoms with Gasteiger partial charge in [-0.15, -0.1) is 0 Å². The van der Waals surface area contributed by atoms with Gasteiger partial charge < -0.3 is 15.4 Å². The van der Waals surface area contributed by atoms with Crippen molar-refractivity contribution >= 4 is 28.9 Å². The summed E-state index contributed by atoms with van der Waals surface area (Å²) in [6.45, 7) is -0.0502. The number of hydrogen-bond acceptors (Lipinski definition) is 6. The van der Waals surface area contributed by atoms with E-state index in [0.29, 0.717) is 11.4 Å². The third kappa shape index (κ3) is 3.63. The van der Waals surface area contributed by atoms with Gasteiger partial charge in [-0.3, -0.25) is 14.9 Å². The molecule has 0 aliphatic carbocycles. The van der Waals surface area contributed by atoms with E-state index in [4.69, 9.17) is 4.74 Å². The monoisotopic (exact) mass is 339 g/mol. The van der Waals surface area contributed by atoms with Crippen molar-refractivity contribution in [2.45, 2.75) is 0 Å². The number of cyclic esters (lactones) is 1. The number of benzene rings is 2. The smallest absolute Gasteiger partial charge is 0.346 e. The van der Waals surface area contributed by atoms with Gasteiger partial charge >= 0.3 is 5.97 Å². The van der Waals surface area contributed by atoms with E-state index in [-0.39, 0.29) is 23.6 Å². The van der Waals surface area contributed by atoms with Gasteiger partial charge in [0, 0.05) is 23.5 Å². The van der Waals surface area contributed by atoms with Crippen LogP contribution in [0.3, 0.4) is 0 Å². The van der Waals surface area contributed by atoms with Gasteiger partial charge in [-0.1, -0.05) is 24.3 Å². The van der Waals surface area contributed by atoms with Crippen molar-refractivity contribution in [3.63, 3.8) is 0 Å². The number of nitrogens with one attached hydrogen (secondary N) is 2. The molecule has 8 nitrogen and oxygen atoms in total. The normalized spacial score (nSPS) is 13.4. The quantitative estimate of drug-likeness (QED) is 0.375. The number of anilines is 2. The minimum absolute atomic E-state index is 0.0502. The lowest BCUT2D eigenvalue weighted by Crippen LogP contribution is -2.20. The SMILES string of the molecule is O=C(Nc1cccc([N+](=O)[O-])c1)C1=C(Nc2ccccc2)COC1=O. The largest absolute Gasteiger partial charge is 0.455 e. The molecule has 0 atom stereocenters. The summed E-state index contributed by atoms with van der Waals surface area (Å²) in [7, 11) is 0. The lowest BCUT2D eigenvalue weighted by Gasteiger charge is -2.08. The number of rotatable bonds is 5. The van der Waals surface area contributed by atoms with E-state index in [9.17, 15) is 19.7 Å². The summed E-state index contributed by atoms with van der Waals surface area (Å²) in [4.78, 5) is 34.6. The number of amides is 1. The predicted octanol–water partition coefficient (Wildman–Crippen LogP) is 2.46. The van der Waals surface area contributed by atoms with E-state index in [1.54, 1.807) is 12.1 Å². The lowest BCUT2D eigenvalue weighted by atomic mass is 10.2. The van der Waals surface area contributed by atoms with Crippen LogP contribution >= 0.6 is 0 Å². The van der Waals surface area contributed by atoms with E-state index in [2.05, 4.69) is 10.6 Å². The average Bonchev–Trinajstić information content (AvgIpc) is 2.96. The maximum atomic E-state index is 12.4. The van der Waals surface area contributed by atoms with Crippen molar-refractivity contribution in [3.8, 4) is 0 Å². The van der Waals surface area contributed by atoms with Gasteiger partial charge in [0.15, 0.2) is 0 Å². The van der Waals surface area contributed by atoms with Gasteiger partial charge in [-0.2, -0.15) is 0 Å². The summed E-state index contributed by atoms with van der Waals surface area (Å²) in [5.41, 5.74) is 0.930. The third-order valence-corrected chi connectivity index (χ3v) is 3.46. The molecule has 0 saturated heterocycles. The first-order valence-electron chi connectivity index (χ1n) is 7.33. The number of hydrogen-bond donors (Lipinski definition) is 2. The first-order valence-corrected chi connectivity index (χ1v) is 7.33. The Kier molecular flexibility index (Phi) is 4.42. The second-order valence-electron chi connectivity index (χ2n) is 5.18. The van der Waals surface area contributed by atoms with Gasteiger partial charge in [0.2, 0.25) is 0 Å². The maximum absolute atomic E-state index is 12.4. The third-order valence-electron chi connectivity index (χ3n) is 3.46. The molecule has 0 aromatic heterocycles. The number of nitro benzene ring substituents is 1.